The van der Waals surface area contributed by atoms with E-state index < -0.39 is 14.6 Å². The quantitative estimate of drug-likeness (QED) is 0.871. The number of fused-ring (bicyclic) bond motifs is 1. The molecule has 1 heterocycles. The van der Waals surface area contributed by atoms with Crippen LogP contribution in [0.3, 0.4) is 0 Å². The Morgan fingerprint density at radius 2 is 1.79 bits per heavy atom. The number of pyridine rings is 1. The van der Waals surface area contributed by atoms with Crippen molar-refractivity contribution in [3.05, 3.63) is 40.2 Å². The lowest BCUT2D eigenvalue weighted by Gasteiger charge is -2.19. The highest BCUT2D eigenvalue weighted by atomic mass is 32.2. The largest absolute Gasteiger partial charge is 0.361 e. The van der Waals surface area contributed by atoms with Crippen LogP contribution in [-0.4, -0.2) is 18.1 Å². The van der Waals surface area contributed by atoms with Gasteiger partial charge in [0, 0.05) is 22.7 Å². The molecule has 1 N–H and O–H groups in total. The molecule has 0 bridgehead atoms. The van der Waals surface area contributed by atoms with E-state index in [9.17, 15) is 13.2 Å². The molecule has 5 heteroatoms. The summed E-state index contributed by atoms with van der Waals surface area (Å²) >= 11 is 0. The molecule has 0 spiro atoms. The maximum absolute atomic E-state index is 12.4. The number of sulfone groups is 1. The topological polar surface area (TPSA) is 67.0 Å². The molecular weight excluding hydrogens is 262 g/mol. The Labute approximate surface area is 112 Å². The van der Waals surface area contributed by atoms with Crippen molar-refractivity contribution in [3.8, 4) is 0 Å². The Bertz CT molecular complexity index is 796. The second-order valence-electron chi connectivity index (χ2n) is 5.62. The molecule has 1 aromatic carbocycles. The fourth-order valence-electron chi connectivity index (χ4n) is 1.82. The van der Waals surface area contributed by atoms with Gasteiger partial charge in [0.05, 0.1) is 9.64 Å². The number of aryl methyl sites for hydroxylation is 1. The van der Waals surface area contributed by atoms with Crippen LogP contribution in [0, 0.1) is 6.92 Å². The molecule has 0 fully saturated rings. The highest BCUT2D eigenvalue weighted by molar-refractivity contribution is 7.92. The van der Waals surface area contributed by atoms with Gasteiger partial charge in [-0.05, 0) is 45.9 Å². The van der Waals surface area contributed by atoms with Crippen molar-refractivity contribution in [3.63, 3.8) is 0 Å². The van der Waals surface area contributed by atoms with E-state index >= 15 is 0 Å². The van der Waals surface area contributed by atoms with Gasteiger partial charge in [-0.15, -0.1) is 0 Å². The predicted octanol–water partition coefficient (Wildman–Crippen LogP) is 2.41. The molecular formula is C14H17NO3S. The highest BCUT2D eigenvalue weighted by Gasteiger charge is 2.31. The summed E-state index contributed by atoms with van der Waals surface area (Å²) in [6, 6.07) is 4.63. The third kappa shape index (κ3) is 2.18. The van der Waals surface area contributed by atoms with Crippen molar-refractivity contribution in [1.82, 2.24) is 4.98 Å². The minimum atomic E-state index is -3.45. The summed E-state index contributed by atoms with van der Waals surface area (Å²) in [5, 5.41) is 0.408. The molecule has 1 aromatic heterocycles. The van der Waals surface area contributed by atoms with Crippen LogP contribution < -0.4 is 5.43 Å². The second kappa shape index (κ2) is 4.20. The third-order valence-corrected chi connectivity index (χ3v) is 5.64. The van der Waals surface area contributed by atoms with Gasteiger partial charge in [0.1, 0.15) is 0 Å². The van der Waals surface area contributed by atoms with Gasteiger partial charge in [-0.2, -0.15) is 0 Å². The lowest BCUT2D eigenvalue weighted by atomic mass is 10.1. The van der Waals surface area contributed by atoms with Crippen LogP contribution in [0.5, 0.6) is 0 Å². The van der Waals surface area contributed by atoms with Crippen molar-refractivity contribution in [1.29, 1.82) is 0 Å². The fourth-order valence-corrected chi connectivity index (χ4v) is 3.05. The van der Waals surface area contributed by atoms with Gasteiger partial charge in [0.25, 0.3) is 0 Å². The minimum Gasteiger partial charge on any atom is -0.361 e. The Morgan fingerprint density at radius 1 is 1.16 bits per heavy atom. The second-order valence-corrected chi connectivity index (χ2v) is 8.33. The van der Waals surface area contributed by atoms with E-state index in [-0.39, 0.29) is 10.3 Å². The molecule has 0 aliphatic carbocycles. The zero-order chi connectivity index (χ0) is 14.4. The lowest BCUT2D eigenvalue weighted by Crippen LogP contribution is -2.28. The monoisotopic (exact) mass is 279 g/mol. The van der Waals surface area contributed by atoms with E-state index in [1.165, 1.54) is 12.1 Å². The molecule has 2 aromatic rings. The molecule has 0 aliphatic rings. The highest BCUT2D eigenvalue weighted by Crippen LogP contribution is 2.26. The number of hydrogen-bond acceptors (Lipinski definition) is 3. The number of aromatic nitrogens is 1. The molecule has 4 nitrogen and oxygen atoms in total. The van der Waals surface area contributed by atoms with Crippen LogP contribution in [-0.2, 0) is 9.84 Å². The van der Waals surface area contributed by atoms with Crippen LogP contribution >= 0.6 is 0 Å². The summed E-state index contributed by atoms with van der Waals surface area (Å²) in [5.41, 5.74) is 1.07. The Hall–Kier alpha value is -1.62. The van der Waals surface area contributed by atoms with Crippen LogP contribution in [0.25, 0.3) is 10.9 Å². The zero-order valence-corrected chi connectivity index (χ0v) is 12.3. The summed E-state index contributed by atoms with van der Waals surface area (Å²) in [6.07, 6.45) is 1.63. The number of nitrogens with one attached hydrogen (secondary N) is 1. The Kier molecular flexibility index (Phi) is 3.05. The molecule has 0 saturated heterocycles. The number of hydrogen-bond donors (Lipinski definition) is 1. The first-order valence-electron chi connectivity index (χ1n) is 6.01. The summed E-state index contributed by atoms with van der Waals surface area (Å²) in [6.45, 7) is 6.64. The normalized spacial score (nSPS) is 12.8. The van der Waals surface area contributed by atoms with Crippen molar-refractivity contribution >= 4 is 20.7 Å². The van der Waals surface area contributed by atoms with Crippen molar-refractivity contribution in [2.45, 2.75) is 37.3 Å². The SMILES string of the molecule is Cc1c[nH]c2ccc(S(=O)(=O)C(C)(C)C)cc2c1=O. The van der Waals surface area contributed by atoms with Gasteiger partial charge in [0.15, 0.2) is 15.3 Å². The molecule has 0 radical (unpaired) electrons. The molecule has 0 aliphatic heterocycles. The van der Waals surface area contributed by atoms with E-state index in [1.54, 1.807) is 40.0 Å². The molecule has 0 unspecified atom stereocenters. The molecule has 0 atom stereocenters. The first kappa shape index (κ1) is 13.8. The van der Waals surface area contributed by atoms with Crippen LogP contribution in [0.2, 0.25) is 0 Å². The zero-order valence-electron chi connectivity index (χ0n) is 11.4. The number of benzene rings is 1. The van der Waals surface area contributed by atoms with Gasteiger partial charge >= 0.3 is 0 Å². The van der Waals surface area contributed by atoms with Crippen LogP contribution in [0.4, 0.5) is 0 Å². The van der Waals surface area contributed by atoms with Gasteiger partial charge in [-0.3, -0.25) is 4.79 Å². The van der Waals surface area contributed by atoms with Crippen molar-refractivity contribution < 1.29 is 8.42 Å². The average Bonchev–Trinajstić information content (AvgIpc) is 2.32. The summed E-state index contributed by atoms with van der Waals surface area (Å²) in [5.74, 6) is 0. The third-order valence-electron chi connectivity index (χ3n) is 3.15. The predicted molar refractivity (Wildman–Crippen MR) is 76.2 cm³/mol. The minimum absolute atomic E-state index is 0.139. The standard InChI is InChI=1S/C14H17NO3S/c1-9-8-15-12-6-5-10(7-11(12)13(9)16)19(17,18)14(2,3)4/h5-8H,1-4H3,(H,15,16). The molecule has 19 heavy (non-hydrogen) atoms. The van der Waals surface area contributed by atoms with Crippen LogP contribution in [0.15, 0.2) is 34.1 Å². The maximum atomic E-state index is 12.4. The Morgan fingerprint density at radius 3 is 2.37 bits per heavy atom. The van der Waals surface area contributed by atoms with E-state index in [0.717, 1.165) is 0 Å². The van der Waals surface area contributed by atoms with E-state index in [1.807, 2.05) is 0 Å². The average molecular weight is 279 g/mol. The van der Waals surface area contributed by atoms with Crippen LogP contribution in [0.1, 0.15) is 26.3 Å². The number of aromatic amines is 1. The summed E-state index contributed by atoms with van der Waals surface area (Å²) in [4.78, 5) is 15.2. The molecule has 0 amide bonds. The number of H-pyrrole nitrogens is 1. The van der Waals surface area contributed by atoms with Crippen molar-refractivity contribution in [2.75, 3.05) is 0 Å². The van der Waals surface area contributed by atoms with Gasteiger partial charge in [-0.1, -0.05) is 0 Å². The van der Waals surface area contributed by atoms with Gasteiger partial charge in [0.2, 0.25) is 0 Å². The maximum Gasteiger partial charge on any atom is 0.192 e. The van der Waals surface area contributed by atoms with E-state index in [2.05, 4.69) is 4.98 Å². The van der Waals surface area contributed by atoms with E-state index in [0.29, 0.717) is 16.5 Å². The van der Waals surface area contributed by atoms with Gasteiger partial charge in [-0.25, -0.2) is 8.42 Å². The first-order valence-corrected chi connectivity index (χ1v) is 7.49. The lowest BCUT2D eigenvalue weighted by molar-refractivity contribution is 0.560. The summed E-state index contributed by atoms with van der Waals surface area (Å²) < 4.78 is 23.9. The summed E-state index contributed by atoms with van der Waals surface area (Å²) in [7, 11) is -3.45. The van der Waals surface area contributed by atoms with Crippen molar-refractivity contribution in [2.24, 2.45) is 0 Å². The van der Waals surface area contributed by atoms with E-state index in [4.69, 9.17) is 0 Å². The fraction of sp³-hybridized carbons (Fsp3) is 0.357. The van der Waals surface area contributed by atoms with Gasteiger partial charge < -0.3 is 4.98 Å². The smallest absolute Gasteiger partial charge is 0.192 e. The first-order chi connectivity index (χ1) is 8.64. The number of rotatable bonds is 1. The molecule has 0 saturated carbocycles. The molecule has 102 valence electrons. The Balaban J connectivity index is 2.80. The molecule has 2 rings (SSSR count).